The van der Waals surface area contributed by atoms with E-state index in [1.807, 2.05) is 37.3 Å². The summed E-state index contributed by atoms with van der Waals surface area (Å²) in [6.07, 6.45) is 0.878. The number of rotatable bonds is 8. The molecule has 0 aliphatic heterocycles. The van der Waals surface area contributed by atoms with Crippen LogP contribution < -0.4 is 14.8 Å². The van der Waals surface area contributed by atoms with Crippen LogP contribution in [-0.2, 0) is 5.60 Å². The summed E-state index contributed by atoms with van der Waals surface area (Å²) in [5.41, 5.74) is 0.0136. The maximum absolute atomic E-state index is 10.7. The van der Waals surface area contributed by atoms with Crippen molar-refractivity contribution in [3.8, 4) is 11.5 Å². The predicted molar refractivity (Wildman–Crippen MR) is 93.6 cm³/mol. The van der Waals surface area contributed by atoms with Crippen LogP contribution in [0.15, 0.2) is 34.7 Å². The van der Waals surface area contributed by atoms with Gasteiger partial charge in [0.25, 0.3) is 0 Å². The first-order valence-corrected chi connectivity index (χ1v) is 8.16. The van der Waals surface area contributed by atoms with Crippen molar-refractivity contribution in [2.75, 3.05) is 20.8 Å². The van der Waals surface area contributed by atoms with Gasteiger partial charge >= 0.3 is 0 Å². The van der Waals surface area contributed by atoms with Crippen molar-refractivity contribution in [2.24, 2.45) is 0 Å². The molecule has 5 nitrogen and oxygen atoms in total. The van der Waals surface area contributed by atoms with E-state index in [0.29, 0.717) is 23.8 Å². The van der Waals surface area contributed by atoms with Crippen molar-refractivity contribution in [1.29, 1.82) is 0 Å². The molecule has 5 heteroatoms. The number of hydrogen-bond acceptors (Lipinski definition) is 5. The average Bonchev–Trinajstić information content (AvgIpc) is 3.02. The Bertz CT molecular complexity index is 663. The molecule has 0 saturated heterocycles. The van der Waals surface area contributed by atoms with Crippen molar-refractivity contribution in [3.05, 3.63) is 47.4 Å². The van der Waals surface area contributed by atoms with E-state index >= 15 is 0 Å². The van der Waals surface area contributed by atoms with Gasteiger partial charge in [-0.2, -0.15) is 0 Å². The largest absolute Gasteiger partial charge is 0.493 e. The van der Waals surface area contributed by atoms with Crippen LogP contribution in [0.2, 0.25) is 0 Å². The van der Waals surface area contributed by atoms with Crippen molar-refractivity contribution in [2.45, 2.75) is 38.8 Å². The number of methoxy groups -OCH3 is 2. The topological polar surface area (TPSA) is 63.9 Å². The Morgan fingerprint density at radius 3 is 2.42 bits per heavy atom. The minimum atomic E-state index is -1.07. The van der Waals surface area contributed by atoms with Crippen LogP contribution in [0.5, 0.6) is 11.5 Å². The van der Waals surface area contributed by atoms with E-state index in [1.165, 1.54) is 0 Å². The van der Waals surface area contributed by atoms with E-state index in [1.54, 1.807) is 21.1 Å². The quantitative estimate of drug-likeness (QED) is 0.773. The first-order valence-electron chi connectivity index (χ1n) is 8.16. The summed E-state index contributed by atoms with van der Waals surface area (Å²) >= 11 is 0. The molecule has 24 heavy (non-hydrogen) atoms. The maximum atomic E-state index is 10.7. The molecular weight excluding hydrogens is 306 g/mol. The van der Waals surface area contributed by atoms with Crippen LogP contribution in [0.4, 0.5) is 0 Å². The second-order valence-corrected chi connectivity index (χ2v) is 6.14. The number of aliphatic hydroxyl groups is 1. The second kappa shape index (κ2) is 7.73. The monoisotopic (exact) mass is 333 g/mol. The van der Waals surface area contributed by atoms with Gasteiger partial charge < -0.3 is 24.3 Å². The van der Waals surface area contributed by atoms with Gasteiger partial charge in [0, 0.05) is 12.6 Å². The lowest BCUT2D eigenvalue weighted by Crippen LogP contribution is -2.37. The van der Waals surface area contributed by atoms with Gasteiger partial charge in [0.05, 0.1) is 14.2 Å². The van der Waals surface area contributed by atoms with Gasteiger partial charge in [-0.05, 0) is 50.1 Å². The third-order valence-electron chi connectivity index (χ3n) is 4.18. The Morgan fingerprint density at radius 1 is 1.17 bits per heavy atom. The molecule has 132 valence electrons. The van der Waals surface area contributed by atoms with Gasteiger partial charge in [-0.15, -0.1) is 0 Å². The van der Waals surface area contributed by atoms with Crippen LogP contribution in [-0.4, -0.2) is 25.9 Å². The van der Waals surface area contributed by atoms with E-state index in [4.69, 9.17) is 13.9 Å². The highest BCUT2D eigenvalue weighted by Gasteiger charge is 2.27. The molecule has 0 amide bonds. The molecule has 0 aliphatic carbocycles. The standard InChI is InChI=1S/C19H27NO4/c1-6-15(14-8-9-16(22-4)17(11-14)23-5)20-12-19(3,21)18-10-7-13(2)24-18/h7-11,15,20-21H,6,12H2,1-5H3. The van der Waals surface area contributed by atoms with Crippen molar-refractivity contribution < 1.29 is 19.0 Å². The van der Waals surface area contributed by atoms with Gasteiger partial charge in [0.15, 0.2) is 11.5 Å². The van der Waals surface area contributed by atoms with Crippen LogP contribution in [0.1, 0.15) is 43.4 Å². The molecule has 2 N–H and O–H groups in total. The maximum Gasteiger partial charge on any atom is 0.161 e. The normalized spacial score (nSPS) is 14.9. The Morgan fingerprint density at radius 2 is 1.88 bits per heavy atom. The highest BCUT2D eigenvalue weighted by atomic mass is 16.5. The van der Waals surface area contributed by atoms with Crippen LogP contribution in [0, 0.1) is 6.92 Å². The zero-order valence-corrected chi connectivity index (χ0v) is 15.1. The van der Waals surface area contributed by atoms with Crippen LogP contribution >= 0.6 is 0 Å². The van der Waals surface area contributed by atoms with Gasteiger partial charge in [-0.1, -0.05) is 13.0 Å². The summed E-state index contributed by atoms with van der Waals surface area (Å²) in [5, 5.41) is 14.1. The third-order valence-corrected chi connectivity index (χ3v) is 4.18. The zero-order chi connectivity index (χ0) is 17.7. The zero-order valence-electron chi connectivity index (χ0n) is 15.1. The summed E-state index contributed by atoms with van der Waals surface area (Å²) in [6.45, 7) is 6.10. The molecule has 1 aromatic carbocycles. The molecule has 0 saturated carbocycles. The fourth-order valence-electron chi connectivity index (χ4n) is 2.70. The van der Waals surface area contributed by atoms with Gasteiger partial charge in [0.1, 0.15) is 17.1 Å². The molecule has 1 heterocycles. The molecule has 2 unspecified atom stereocenters. The van der Waals surface area contributed by atoms with E-state index < -0.39 is 5.60 Å². The SMILES string of the molecule is CCC(NCC(C)(O)c1ccc(C)o1)c1ccc(OC)c(OC)c1. The van der Waals surface area contributed by atoms with Gasteiger partial charge in [-0.3, -0.25) is 0 Å². The fourth-order valence-corrected chi connectivity index (χ4v) is 2.70. The smallest absolute Gasteiger partial charge is 0.161 e. The van der Waals surface area contributed by atoms with E-state index in [2.05, 4.69) is 12.2 Å². The van der Waals surface area contributed by atoms with E-state index in [0.717, 1.165) is 17.7 Å². The second-order valence-electron chi connectivity index (χ2n) is 6.14. The predicted octanol–water partition coefficient (Wildman–Crippen LogP) is 3.55. The lowest BCUT2D eigenvalue weighted by molar-refractivity contribution is 0.0306. The highest BCUT2D eigenvalue weighted by Crippen LogP contribution is 2.31. The molecule has 2 aromatic rings. The van der Waals surface area contributed by atoms with Crippen molar-refractivity contribution in [3.63, 3.8) is 0 Å². The Balaban J connectivity index is 2.12. The van der Waals surface area contributed by atoms with Gasteiger partial charge in [0.2, 0.25) is 0 Å². The Labute approximate surface area is 143 Å². The molecule has 0 spiro atoms. The Kier molecular flexibility index (Phi) is 5.91. The molecule has 0 fully saturated rings. The minimum Gasteiger partial charge on any atom is -0.493 e. The highest BCUT2D eigenvalue weighted by molar-refractivity contribution is 5.43. The molecule has 1 aromatic heterocycles. The number of hydrogen-bond donors (Lipinski definition) is 2. The molecular formula is C19H27NO4. The number of aryl methyl sites for hydroxylation is 1. The molecule has 0 radical (unpaired) electrons. The number of ether oxygens (including phenoxy) is 2. The molecule has 0 aliphatic rings. The molecule has 2 rings (SSSR count). The van der Waals surface area contributed by atoms with Crippen molar-refractivity contribution >= 4 is 0 Å². The first kappa shape index (κ1) is 18.4. The summed E-state index contributed by atoms with van der Waals surface area (Å²) in [5.74, 6) is 2.75. The summed E-state index contributed by atoms with van der Waals surface area (Å²) < 4.78 is 16.2. The van der Waals surface area contributed by atoms with E-state index in [9.17, 15) is 5.11 Å². The molecule has 2 atom stereocenters. The van der Waals surface area contributed by atoms with Crippen molar-refractivity contribution in [1.82, 2.24) is 5.32 Å². The first-order chi connectivity index (χ1) is 11.4. The van der Waals surface area contributed by atoms with E-state index in [-0.39, 0.29) is 6.04 Å². The summed E-state index contributed by atoms with van der Waals surface area (Å²) in [7, 11) is 3.25. The molecule has 0 bridgehead atoms. The van der Waals surface area contributed by atoms with Gasteiger partial charge in [-0.25, -0.2) is 0 Å². The number of benzene rings is 1. The summed E-state index contributed by atoms with van der Waals surface area (Å²) in [6, 6.07) is 9.63. The number of nitrogens with one attached hydrogen (secondary N) is 1. The lowest BCUT2D eigenvalue weighted by atomic mass is 10.00. The average molecular weight is 333 g/mol. The lowest BCUT2D eigenvalue weighted by Gasteiger charge is -2.26. The minimum absolute atomic E-state index is 0.0901. The Hall–Kier alpha value is -1.98. The third kappa shape index (κ3) is 4.10. The van der Waals surface area contributed by atoms with Crippen LogP contribution in [0.25, 0.3) is 0 Å². The number of furan rings is 1. The summed E-state index contributed by atoms with van der Waals surface area (Å²) in [4.78, 5) is 0. The fraction of sp³-hybridized carbons (Fsp3) is 0.474. The van der Waals surface area contributed by atoms with Crippen LogP contribution in [0.3, 0.4) is 0 Å².